The predicted octanol–water partition coefficient (Wildman–Crippen LogP) is 3.56. The second kappa shape index (κ2) is 4.47. The summed E-state index contributed by atoms with van der Waals surface area (Å²) in [4.78, 5) is 14.0. The van der Waals surface area contributed by atoms with Crippen LogP contribution in [0.3, 0.4) is 0 Å². The molecular formula is C14H16ClNO2. The molecule has 1 fully saturated rings. The normalized spacial score (nSPS) is 24.2. The number of hydrogen-bond donors (Lipinski definition) is 0. The van der Waals surface area contributed by atoms with Crippen LogP contribution >= 0.6 is 11.6 Å². The maximum Gasteiger partial charge on any atom is 0.410 e. The molecule has 2 aliphatic rings. The van der Waals surface area contributed by atoms with Gasteiger partial charge in [0.1, 0.15) is 6.61 Å². The van der Waals surface area contributed by atoms with E-state index in [0.717, 1.165) is 12.8 Å². The van der Waals surface area contributed by atoms with E-state index in [-0.39, 0.29) is 24.8 Å². The molecule has 0 N–H and O–H groups in total. The Morgan fingerprint density at radius 1 is 1.44 bits per heavy atom. The number of amides is 1. The van der Waals surface area contributed by atoms with Crippen LogP contribution in [0.1, 0.15) is 41.6 Å². The SMILES string of the molecule is Cc1cccc2c1[C@@H]1CC[C@H]2N1C(=O)OCCCl. The fourth-order valence-electron chi connectivity index (χ4n) is 3.30. The van der Waals surface area contributed by atoms with Gasteiger partial charge >= 0.3 is 6.09 Å². The molecule has 2 atom stereocenters. The average molecular weight is 266 g/mol. The van der Waals surface area contributed by atoms with Gasteiger partial charge in [-0.1, -0.05) is 18.2 Å². The van der Waals surface area contributed by atoms with Crippen LogP contribution in [0.5, 0.6) is 0 Å². The van der Waals surface area contributed by atoms with Crippen LogP contribution in [0, 0.1) is 6.92 Å². The zero-order valence-electron chi connectivity index (χ0n) is 10.4. The number of rotatable bonds is 2. The molecule has 0 unspecified atom stereocenters. The molecule has 0 aliphatic carbocycles. The molecule has 3 nitrogen and oxygen atoms in total. The summed E-state index contributed by atoms with van der Waals surface area (Å²) in [7, 11) is 0. The highest BCUT2D eigenvalue weighted by Crippen LogP contribution is 2.54. The van der Waals surface area contributed by atoms with Gasteiger partial charge in [0.05, 0.1) is 18.0 Å². The summed E-state index contributed by atoms with van der Waals surface area (Å²) in [6.45, 7) is 2.40. The molecule has 0 radical (unpaired) electrons. The van der Waals surface area contributed by atoms with E-state index in [2.05, 4.69) is 25.1 Å². The minimum absolute atomic E-state index is 0.202. The summed E-state index contributed by atoms with van der Waals surface area (Å²) in [6, 6.07) is 6.72. The van der Waals surface area contributed by atoms with Gasteiger partial charge in [0.25, 0.3) is 0 Å². The van der Waals surface area contributed by atoms with Crippen molar-refractivity contribution in [3.63, 3.8) is 0 Å². The molecular weight excluding hydrogens is 250 g/mol. The number of alkyl halides is 1. The summed E-state index contributed by atoms with van der Waals surface area (Å²) < 4.78 is 5.18. The molecule has 3 rings (SSSR count). The van der Waals surface area contributed by atoms with Gasteiger partial charge in [-0.25, -0.2) is 4.79 Å². The highest BCUT2D eigenvalue weighted by Gasteiger charge is 2.47. The van der Waals surface area contributed by atoms with Gasteiger partial charge in [-0.05, 0) is 36.5 Å². The number of carbonyl (C=O) groups excluding carboxylic acids is 1. The zero-order valence-corrected chi connectivity index (χ0v) is 11.1. The van der Waals surface area contributed by atoms with Crippen molar-refractivity contribution in [3.05, 3.63) is 34.9 Å². The molecule has 0 saturated carbocycles. The van der Waals surface area contributed by atoms with Gasteiger partial charge in [0.15, 0.2) is 0 Å². The molecule has 2 aliphatic heterocycles. The first-order valence-corrected chi connectivity index (χ1v) is 6.88. The lowest BCUT2D eigenvalue weighted by Gasteiger charge is -2.21. The number of hydrogen-bond acceptors (Lipinski definition) is 2. The van der Waals surface area contributed by atoms with Gasteiger partial charge < -0.3 is 4.74 Å². The Balaban J connectivity index is 1.90. The molecule has 0 spiro atoms. The highest BCUT2D eigenvalue weighted by molar-refractivity contribution is 6.18. The van der Waals surface area contributed by atoms with Crippen LogP contribution in [0.2, 0.25) is 0 Å². The van der Waals surface area contributed by atoms with Crippen molar-refractivity contribution in [2.75, 3.05) is 12.5 Å². The van der Waals surface area contributed by atoms with Crippen molar-refractivity contribution < 1.29 is 9.53 Å². The number of ether oxygens (including phenoxy) is 1. The first-order valence-electron chi connectivity index (χ1n) is 6.34. The highest BCUT2D eigenvalue weighted by atomic mass is 35.5. The smallest absolute Gasteiger partial charge is 0.410 e. The van der Waals surface area contributed by atoms with E-state index in [4.69, 9.17) is 16.3 Å². The third kappa shape index (κ3) is 1.61. The van der Waals surface area contributed by atoms with Crippen LogP contribution in [0.25, 0.3) is 0 Å². The Hall–Kier alpha value is -1.22. The van der Waals surface area contributed by atoms with Crippen molar-refractivity contribution in [2.24, 2.45) is 0 Å². The minimum atomic E-state index is -0.223. The first-order chi connectivity index (χ1) is 8.74. The minimum Gasteiger partial charge on any atom is -0.448 e. The number of aryl methyl sites for hydroxylation is 1. The number of nitrogens with zero attached hydrogens (tertiary/aromatic N) is 1. The van der Waals surface area contributed by atoms with Gasteiger partial charge in [0.2, 0.25) is 0 Å². The topological polar surface area (TPSA) is 29.5 Å². The summed E-state index contributed by atoms with van der Waals surface area (Å²) in [5.74, 6) is 0.348. The maximum absolute atomic E-state index is 12.1. The molecule has 96 valence electrons. The number of carbonyl (C=O) groups is 1. The standard InChI is InChI=1S/C14H16ClNO2/c1-9-3-2-4-10-11-5-6-12(13(9)10)16(11)14(17)18-8-7-15/h2-4,11-12H,5-8H2,1H3/t11-,12+/m1/s1. The second-order valence-corrected chi connectivity index (χ2v) is 5.28. The molecule has 1 aromatic rings. The van der Waals surface area contributed by atoms with Gasteiger partial charge in [0, 0.05) is 0 Å². The summed E-state index contributed by atoms with van der Waals surface area (Å²) in [5.41, 5.74) is 3.90. The van der Waals surface area contributed by atoms with E-state index in [9.17, 15) is 4.79 Å². The Morgan fingerprint density at radius 3 is 2.94 bits per heavy atom. The van der Waals surface area contributed by atoms with Crippen molar-refractivity contribution in [1.82, 2.24) is 4.90 Å². The molecule has 1 aromatic carbocycles. The Labute approximate surface area is 112 Å². The Morgan fingerprint density at radius 2 is 2.22 bits per heavy atom. The fraction of sp³-hybridized carbons (Fsp3) is 0.500. The Bertz CT molecular complexity index is 489. The third-order valence-electron chi connectivity index (χ3n) is 3.95. The van der Waals surface area contributed by atoms with Crippen LogP contribution < -0.4 is 0 Å². The molecule has 18 heavy (non-hydrogen) atoms. The van der Waals surface area contributed by atoms with Crippen LogP contribution in [-0.4, -0.2) is 23.5 Å². The lowest BCUT2D eigenvalue weighted by Crippen LogP contribution is -2.29. The first kappa shape index (κ1) is 11.8. The van der Waals surface area contributed by atoms with E-state index in [1.807, 2.05) is 4.90 Å². The average Bonchev–Trinajstić information content (AvgIpc) is 2.93. The summed E-state index contributed by atoms with van der Waals surface area (Å²) in [6.07, 6.45) is 1.86. The molecule has 2 heterocycles. The monoisotopic (exact) mass is 265 g/mol. The van der Waals surface area contributed by atoms with Crippen molar-refractivity contribution in [2.45, 2.75) is 31.8 Å². The third-order valence-corrected chi connectivity index (χ3v) is 4.10. The van der Waals surface area contributed by atoms with E-state index in [1.165, 1.54) is 16.7 Å². The van der Waals surface area contributed by atoms with E-state index >= 15 is 0 Å². The van der Waals surface area contributed by atoms with E-state index in [0.29, 0.717) is 5.88 Å². The largest absolute Gasteiger partial charge is 0.448 e. The van der Waals surface area contributed by atoms with E-state index in [1.54, 1.807) is 0 Å². The van der Waals surface area contributed by atoms with Crippen molar-refractivity contribution >= 4 is 17.7 Å². The molecule has 1 saturated heterocycles. The Kier molecular flexibility index (Phi) is 2.94. The lowest BCUT2D eigenvalue weighted by molar-refractivity contribution is 0.0950. The van der Waals surface area contributed by atoms with Crippen molar-refractivity contribution in [3.8, 4) is 0 Å². The molecule has 2 bridgehead atoms. The maximum atomic E-state index is 12.1. The van der Waals surface area contributed by atoms with Crippen LogP contribution in [-0.2, 0) is 4.74 Å². The van der Waals surface area contributed by atoms with Gasteiger partial charge in [-0.3, -0.25) is 4.90 Å². The predicted molar refractivity (Wildman–Crippen MR) is 69.8 cm³/mol. The second-order valence-electron chi connectivity index (χ2n) is 4.90. The molecule has 4 heteroatoms. The summed E-state index contributed by atoms with van der Waals surface area (Å²) in [5, 5.41) is 0. The molecule has 0 aromatic heterocycles. The van der Waals surface area contributed by atoms with Crippen LogP contribution in [0.15, 0.2) is 18.2 Å². The lowest BCUT2D eigenvalue weighted by atomic mass is 9.89. The number of fused-ring (bicyclic) bond motifs is 5. The van der Waals surface area contributed by atoms with Gasteiger partial charge in [-0.15, -0.1) is 11.6 Å². The van der Waals surface area contributed by atoms with Crippen molar-refractivity contribution in [1.29, 1.82) is 0 Å². The zero-order chi connectivity index (χ0) is 12.7. The molecule has 1 amide bonds. The number of halogens is 1. The fourth-order valence-corrected chi connectivity index (χ4v) is 3.38. The summed E-state index contributed by atoms with van der Waals surface area (Å²) >= 11 is 5.56. The number of benzene rings is 1. The van der Waals surface area contributed by atoms with Crippen LogP contribution in [0.4, 0.5) is 4.79 Å². The van der Waals surface area contributed by atoms with E-state index < -0.39 is 0 Å². The quantitative estimate of drug-likeness (QED) is 0.765. The van der Waals surface area contributed by atoms with Gasteiger partial charge in [-0.2, -0.15) is 0 Å².